The zero-order valence-electron chi connectivity index (χ0n) is 45.3. The molecule has 0 aliphatic heterocycles. The van der Waals surface area contributed by atoms with Crippen LogP contribution in [0.1, 0.15) is 242 Å². The molecule has 0 saturated heterocycles. The lowest BCUT2D eigenvalue weighted by Gasteiger charge is -2.16. The predicted octanol–water partition coefficient (Wildman–Crippen LogP) is 20.9. The summed E-state index contributed by atoms with van der Waals surface area (Å²) in [6.07, 6.45) is 19.5. The van der Waals surface area contributed by atoms with Crippen molar-refractivity contribution in [3.05, 3.63) is 93.0 Å². The zero-order chi connectivity index (χ0) is 49.6. The molecule has 6 nitrogen and oxygen atoms in total. The fourth-order valence-corrected chi connectivity index (χ4v) is 12.2. The van der Waals surface area contributed by atoms with Crippen LogP contribution < -0.4 is 9.05 Å². The van der Waals surface area contributed by atoms with Gasteiger partial charge in [-0.3, -0.25) is 9.05 Å². The fourth-order valence-electron chi connectivity index (χ4n) is 9.73. The second-order valence-corrected chi connectivity index (χ2v) is 22.7. The summed E-state index contributed by atoms with van der Waals surface area (Å²) in [5, 5.41) is 4.59. The third-order valence-electron chi connectivity index (χ3n) is 14.8. The summed E-state index contributed by atoms with van der Waals surface area (Å²) in [6.45, 7) is 29.5. The van der Waals surface area contributed by atoms with Gasteiger partial charge in [0.2, 0.25) is 0 Å². The molecule has 2 heterocycles. The molecule has 0 amide bonds. The molecule has 0 saturated carbocycles. The quantitative estimate of drug-likeness (QED) is 0.0512. The SMILES string of the molecule is CCCCc1cc(CCCC)c2op(O[C@H](C)C[C@@H](C)Op3oc4c(CCCC)cc(C(C)CC)cc4c4cc(C(C)CC)cc(CCCC)c4o3)oc3c(C(C)CC)cc(CCCC)cc3c2c1. The molecule has 6 atom stereocenters. The van der Waals surface area contributed by atoms with Crippen molar-refractivity contribution in [2.45, 2.75) is 242 Å². The molecule has 0 radical (unpaired) electrons. The monoisotopic (exact) mass is 981 g/mol. The van der Waals surface area contributed by atoms with Gasteiger partial charge in [0, 0.05) is 28.0 Å². The van der Waals surface area contributed by atoms with Gasteiger partial charge >= 0.3 is 16.5 Å². The molecular formula is C61H90O6P2. The highest BCUT2D eigenvalue weighted by molar-refractivity contribution is 7.32. The van der Waals surface area contributed by atoms with Gasteiger partial charge in [-0.15, -0.1) is 0 Å². The average molecular weight is 981 g/mol. The van der Waals surface area contributed by atoms with E-state index in [1.165, 1.54) is 44.5 Å². The summed E-state index contributed by atoms with van der Waals surface area (Å²) in [5.74, 6) is 1.18. The molecule has 0 aliphatic rings. The zero-order valence-corrected chi connectivity index (χ0v) is 47.1. The second kappa shape index (κ2) is 26.9. The lowest BCUT2D eigenvalue weighted by atomic mass is 9.90. The van der Waals surface area contributed by atoms with Gasteiger partial charge in [-0.05, 0) is 184 Å². The van der Waals surface area contributed by atoms with E-state index < -0.39 is 16.5 Å². The Kier molecular flexibility index (Phi) is 21.4. The van der Waals surface area contributed by atoms with Crippen LogP contribution in [0.2, 0.25) is 0 Å². The van der Waals surface area contributed by atoms with Crippen molar-refractivity contribution >= 4 is 60.4 Å². The number of benzene rings is 4. The van der Waals surface area contributed by atoms with Crippen LogP contribution >= 0.6 is 16.5 Å². The third kappa shape index (κ3) is 14.0. The van der Waals surface area contributed by atoms with E-state index in [-0.39, 0.29) is 12.2 Å². The van der Waals surface area contributed by atoms with Crippen molar-refractivity contribution in [3.63, 3.8) is 0 Å². The normalized spacial score (nSPS) is 14.7. The van der Waals surface area contributed by atoms with Gasteiger partial charge in [0.05, 0.1) is 12.2 Å². The Bertz CT molecular complexity index is 2570. The van der Waals surface area contributed by atoms with Crippen LogP contribution in [0.4, 0.5) is 0 Å². The first kappa shape index (κ1) is 54.9. The summed E-state index contributed by atoms with van der Waals surface area (Å²) in [4.78, 5) is 0. The molecule has 2 aromatic heterocycles. The molecule has 4 unspecified atom stereocenters. The largest absolute Gasteiger partial charge is 0.399 e. The van der Waals surface area contributed by atoms with E-state index >= 15 is 0 Å². The fraction of sp³-hybridized carbons (Fsp3) is 0.607. The van der Waals surface area contributed by atoms with Crippen LogP contribution in [0.25, 0.3) is 43.9 Å². The summed E-state index contributed by atoms with van der Waals surface area (Å²) < 4.78 is 42.4. The highest BCUT2D eigenvalue weighted by Gasteiger charge is 2.23. The van der Waals surface area contributed by atoms with Crippen LogP contribution in [-0.4, -0.2) is 12.2 Å². The first-order valence-corrected chi connectivity index (χ1v) is 29.9. The number of aryl methyl sites for hydroxylation is 5. The number of rotatable bonds is 27. The van der Waals surface area contributed by atoms with Crippen LogP contribution in [0, 0.1) is 0 Å². The first-order chi connectivity index (χ1) is 33.4. The van der Waals surface area contributed by atoms with Crippen molar-refractivity contribution < 1.29 is 25.8 Å². The first-order valence-electron chi connectivity index (χ1n) is 27.7. The number of unbranched alkanes of at least 4 members (excludes halogenated alkanes) is 5. The van der Waals surface area contributed by atoms with Crippen LogP contribution in [-0.2, 0) is 32.1 Å². The van der Waals surface area contributed by atoms with E-state index in [0.29, 0.717) is 24.2 Å². The molecule has 69 heavy (non-hydrogen) atoms. The molecule has 0 N–H and O–H groups in total. The maximum absolute atomic E-state index is 7.12. The molecule has 6 aromatic rings. The van der Waals surface area contributed by atoms with E-state index in [1.54, 1.807) is 0 Å². The Morgan fingerprint density at radius 3 is 1.14 bits per heavy atom. The van der Waals surface area contributed by atoms with Gasteiger partial charge in [0.1, 0.15) is 22.3 Å². The second-order valence-electron chi connectivity index (χ2n) is 20.6. The minimum Gasteiger partial charge on any atom is -0.399 e. The molecule has 6 rings (SSSR count). The summed E-state index contributed by atoms with van der Waals surface area (Å²) in [5.41, 5.74) is 14.2. The van der Waals surface area contributed by atoms with Crippen LogP contribution in [0.15, 0.2) is 65.3 Å². The van der Waals surface area contributed by atoms with E-state index in [9.17, 15) is 0 Å². The molecule has 4 aromatic carbocycles. The van der Waals surface area contributed by atoms with Crippen molar-refractivity contribution in [1.82, 2.24) is 0 Å². The van der Waals surface area contributed by atoms with Gasteiger partial charge in [-0.1, -0.05) is 133 Å². The Balaban J connectivity index is 1.48. The Hall–Kier alpha value is -3.40. The maximum atomic E-state index is 7.12. The van der Waals surface area contributed by atoms with E-state index in [4.69, 9.17) is 25.8 Å². The lowest BCUT2D eigenvalue weighted by Crippen LogP contribution is -2.21. The maximum Gasteiger partial charge on any atom is 0.387 e. The molecule has 0 bridgehead atoms. The number of hydrogen-bond acceptors (Lipinski definition) is 6. The van der Waals surface area contributed by atoms with Gasteiger partial charge in [-0.25, -0.2) is 0 Å². The van der Waals surface area contributed by atoms with Crippen LogP contribution in [0.5, 0.6) is 0 Å². The van der Waals surface area contributed by atoms with Gasteiger partial charge in [-0.2, -0.15) is 0 Å². The number of hydrogen-bond donors (Lipinski definition) is 0. The van der Waals surface area contributed by atoms with E-state index in [1.807, 2.05) is 0 Å². The average Bonchev–Trinajstić information content (AvgIpc) is 3.61. The Morgan fingerprint density at radius 1 is 0.391 bits per heavy atom. The smallest absolute Gasteiger partial charge is 0.387 e. The number of fused-ring (bicyclic) bond motifs is 6. The highest BCUT2D eigenvalue weighted by Crippen LogP contribution is 2.44. The summed E-state index contributed by atoms with van der Waals surface area (Å²) in [7, 11) is -3.61. The van der Waals surface area contributed by atoms with Gasteiger partial charge in [0.25, 0.3) is 0 Å². The lowest BCUT2D eigenvalue weighted by molar-refractivity contribution is 0.184. The third-order valence-corrected chi connectivity index (χ3v) is 17.2. The van der Waals surface area contributed by atoms with Crippen LogP contribution in [0.3, 0.4) is 0 Å². The molecule has 0 fully saturated rings. The summed E-state index contributed by atoms with van der Waals surface area (Å²) >= 11 is 0. The predicted molar refractivity (Wildman–Crippen MR) is 299 cm³/mol. The molecular weight excluding hydrogens is 891 g/mol. The van der Waals surface area contributed by atoms with Crippen molar-refractivity contribution in [2.24, 2.45) is 0 Å². The van der Waals surface area contributed by atoms with E-state index in [0.717, 1.165) is 159 Å². The minimum atomic E-state index is -1.81. The van der Waals surface area contributed by atoms with Crippen molar-refractivity contribution in [1.29, 1.82) is 0 Å². The molecule has 0 aliphatic carbocycles. The molecule has 8 heteroatoms. The van der Waals surface area contributed by atoms with E-state index in [2.05, 4.69) is 139 Å². The van der Waals surface area contributed by atoms with Gasteiger partial charge in [0.15, 0.2) is 0 Å². The Morgan fingerprint density at radius 2 is 0.739 bits per heavy atom. The van der Waals surface area contributed by atoms with Crippen molar-refractivity contribution in [2.75, 3.05) is 0 Å². The molecule has 380 valence electrons. The summed E-state index contributed by atoms with van der Waals surface area (Å²) in [6, 6.07) is 19.2. The standard InChI is InChI=1S/C61H90O6P2/c1-14-22-27-46-33-48(29-24-16-3)58-54(35-46)55-36-47(28-23-15-2)34-53(43(11)21-8)61(55)67-69(64-58)63-45(13)32-44(12)62-68-65-59-49(30-25-17-4)37-51(41(9)19-6)39-56(59)57-40-52(42(10)20-7)38-50(31-26-18-5)60(57)66-68/h33-45H,14-32H2,1-13H3/t41?,42?,43?,44-,45-,68?,69?/m1/s1. The molecule has 0 spiro atoms. The Labute approximate surface area is 419 Å². The minimum absolute atomic E-state index is 0.243. The van der Waals surface area contributed by atoms with Crippen molar-refractivity contribution in [3.8, 4) is 0 Å². The van der Waals surface area contributed by atoms with Gasteiger partial charge < -0.3 is 16.8 Å². The topological polar surface area (TPSA) is 71.0 Å². The highest BCUT2D eigenvalue weighted by atomic mass is 31.1.